The number of furan rings is 1. The lowest BCUT2D eigenvalue weighted by Gasteiger charge is -2.24. The first-order valence-electron chi connectivity index (χ1n) is 8.69. The first-order chi connectivity index (χ1) is 12.8. The molecule has 2 rings (SSSR count). The summed E-state index contributed by atoms with van der Waals surface area (Å²) < 4.78 is 10.2. The van der Waals surface area contributed by atoms with E-state index in [0.717, 1.165) is 6.42 Å². The Morgan fingerprint density at radius 2 is 1.81 bits per heavy atom. The first kappa shape index (κ1) is 20.2. The Balaban J connectivity index is 2.05. The molecular formula is C20H24N2O5. The standard InChI is InChI=1S/C20H24N2O5/c1-4-20(2,3)22-16(23)13-27-19(25)17(14-9-6-5-7-10-14)21-18(24)15-11-8-12-26-15/h5-12,17H,4,13H2,1-3H3,(H,21,24)(H,22,23). The number of hydrogen-bond donors (Lipinski definition) is 2. The van der Waals surface area contributed by atoms with Crippen LogP contribution in [0.25, 0.3) is 0 Å². The van der Waals surface area contributed by atoms with E-state index in [2.05, 4.69) is 10.6 Å². The maximum atomic E-state index is 12.5. The second-order valence-electron chi connectivity index (χ2n) is 6.69. The molecule has 7 heteroatoms. The minimum atomic E-state index is -1.06. The van der Waals surface area contributed by atoms with Crippen molar-refractivity contribution in [1.29, 1.82) is 0 Å². The smallest absolute Gasteiger partial charge is 0.333 e. The number of esters is 1. The van der Waals surface area contributed by atoms with Crippen LogP contribution < -0.4 is 10.6 Å². The highest BCUT2D eigenvalue weighted by Crippen LogP contribution is 2.16. The van der Waals surface area contributed by atoms with E-state index in [1.807, 2.05) is 20.8 Å². The molecule has 1 atom stereocenters. The Hall–Kier alpha value is -3.09. The maximum Gasteiger partial charge on any atom is 0.333 e. The van der Waals surface area contributed by atoms with Crippen LogP contribution in [0.3, 0.4) is 0 Å². The zero-order chi connectivity index (χ0) is 19.9. The van der Waals surface area contributed by atoms with Gasteiger partial charge in [-0.15, -0.1) is 0 Å². The lowest BCUT2D eigenvalue weighted by atomic mass is 10.0. The Morgan fingerprint density at radius 1 is 1.11 bits per heavy atom. The van der Waals surface area contributed by atoms with E-state index in [1.54, 1.807) is 36.4 Å². The predicted molar refractivity (Wildman–Crippen MR) is 98.8 cm³/mol. The maximum absolute atomic E-state index is 12.5. The molecule has 1 aromatic carbocycles. The molecule has 2 N–H and O–H groups in total. The number of amides is 2. The van der Waals surface area contributed by atoms with Gasteiger partial charge in [0.25, 0.3) is 11.8 Å². The lowest BCUT2D eigenvalue weighted by Crippen LogP contribution is -2.45. The number of benzene rings is 1. The third-order valence-electron chi connectivity index (χ3n) is 4.10. The molecule has 1 aromatic heterocycles. The number of carbonyl (C=O) groups is 3. The van der Waals surface area contributed by atoms with Gasteiger partial charge in [-0.2, -0.15) is 0 Å². The average molecular weight is 372 g/mol. The largest absolute Gasteiger partial charge is 0.459 e. The minimum Gasteiger partial charge on any atom is -0.459 e. The van der Waals surface area contributed by atoms with E-state index in [-0.39, 0.29) is 5.76 Å². The zero-order valence-electron chi connectivity index (χ0n) is 15.7. The van der Waals surface area contributed by atoms with Crippen LogP contribution in [-0.2, 0) is 14.3 Å². The van der Waals surface area contributed by atoms with Crippen LogP contribution in [0.4, 0.5) is 0 Å². The van der Waals surface area contributed by atoms with Crippen LogP contribution in [0.2, 0.25) is 0 Å². The van der Waals surface area contributed by atoms with Gasteiger partial charge in [0, 0.05) is 5.54 Å². The van der Waals surface area contributed by atoms with Gasteiger partial charge >= 0.3 is 5.97 Å². The highest BCUT2D eigenvalue weighted by molar-refractivity contribution is 5.95. The molecule has 1 unspecified atom stereocenters. The molecular weight excluding hydrogens is 348 g/mol. The summed E-state index contributed by atoms with van der Waals surface area (Å²) in [6, 6.07) is 10.7. The SMILES string of the molecule is CCC(C)(C)NC(=O)COC(=O)C(NC(=O)c1ccco1)c1ccccc1. The minimum absolute atomic E-state index is 0.0752. The monoisotopic (exact) mass is 372 g/mol. The second-order valence-corrected chi connectivity index (χ2v) is 6.69. The molecule has 0 aliphatic rings. The number of rotatable bonds is 8. The predicted octanol–water partition coefficient (Wildman–Crippen LogP) is 2.60. The molecule has 0 radical (unpaired) electrons. The number of carbonyl (C=O) groups excluding carboxylic acids is 3. The molecule has 0 aliphatic carbocycles. The van der Waals surface area contributed by atoms with Gasteiger partial charge in [-0.05, 0) is 38.0 Å². The summed E-state index contributed by atoms with van der Waals surface area (Å²) in [6.07, 6.45) is 2.10. The summed E-state index contributed by atoms with van der Waals surface area (Å²) in [6.45, 7) is 5.27. The quantitative estimate of drug-likeness (QED) is 0.694. The van der Waals surface area contributed by atoms with Gasteiger partial charge in [0.2, 0.25) is 0 Å². The van der Waals surface area contributed by atoms with Gasteiger partial charge < -0.3 is 19.8 Å². The second kappa shape index (κ2) is 9.02. The van der Waals surface area contributed by atoms with Crippen molar-refractivity contribution in [2.24, 2.45) is 0 Å². The third kappa shape index (κ3) is 5.99. The summed E-state index contributed by atoms with van der Waals surface area (Å²) in [5.74, 6) is -1.61. The molecule has 1 heterocycles. The Kier molecular flexibility index (Phi) is 6.76. The zero-order valence-corrected chi connectivity index (χ0v) is 15.7. The van der Waals surface area contributed by atoms with E-state index >= 15 is 0 Å². The Morgan fingerprint density at radius 3 is 2.41 bits per heavy atom. The van der Waals surface area contributed by atoms with Crippen molar-refractivity contribution in [2.45, 2.75) is 38.8 Å². The van der Waals surface area contributed by atoms with Crippen LogP contribution in [-0.4, -0.2) is 29.9 Å². The highest BCUT2D eigenvalue weighted by atomic mass is 16.5. The molecule has 0 spiro atoms. The van der Waals surface area contributed by atoms with Crippen molar-refractivity contribution >= 4 is 17.8 Å². The number of ether oxygens (including phenoxy) is 1. The van der Waals surface area contributed by atoms with Gasteiger partial charge in [-0.25, -0.2) is 4.79 Å². The molecule has 2 amide bonds. The average Bonchev–Trinajstić information content (AvgIpc) is 3.19. The fraction of sp³-hybridized carbons (Fsp3) is 0.350. The van der Waals surface area contributed by atoms with Crippen molar-refractivity contribution in [3.05, 3.63) is 60.1 Å². The summed E-state index contributed by atoms with van der Waals surface area (Å²) in [5, 5.41) is 5.36. The molecule has 0 bridgehead atoms. The van der Waals surface area contributed by atoms with E-state index < -0.39 is 36.0 Å². The van der Waals surface area contributed by atoms with E-state index in [1.165, 1.54) is 12.3 Å². The van der Waals surface area contributed by atoms with Crippen molar-refractivity contribution < 1.29 is 23.5 Å². The van der Waals surface area contributed by atoms with Gasteiger partial charge in [0.1, 0.15) is 0 Å². The molecule has 2 aromatic rings. The summed E-state index contributed by atoms with van der Waals surface area (Å²) in [7, 11) is 0. The molecule has 144 valence electrons. The van der Waals surface area contributed by atoms with Gasteiger partial charge in [0.05, 0.1) is 6.26 Å². The lowest BCUT2D eigenvalue weighted by molar-refractivity contribution is -0.151. The highest BCUT2D eigenvalue weighted by Gasteiger charge is 2.27. The van der Waals surface area contributed by atoms with Crippen LogP contribution in [0.5, 0.6) is 0 Å². The molecule has 0 aliphatic heterocycles. The third-order valence-corrected chi connectivity index (χ3v) is 4.10. The van der Waals surface area contributed by atoms with Crippen molar-refractivity contribution in [1.82, 2.24) is 10.6 Å². The Labute approximate surface area is 158 Å². The van der Waals surface area contributed by atoms with Crippen LogP contribution >= 0.6 is 0 Å². The molecule has 0 saturated heterocycles. The van der Waals surface area contributed by atoms with Gasteiger partial charge in [0.15, 0.2) is 18.4 Å². The van der Waals surface area contributed by atoms with Crippen LogP contribution in [0, 0.1) is 0 Å². The molecule has 7 nitrogen and oxygen atoms in total. The molecule has 0 fully saturated rings. The fourth-order valence-corrected chi connectivity index (χ4v) is 2.26. The summed E-state index contributed by atoms with van der Waals surface area (Å²) >= 11 is 0. The Bertz CT molecular complexity index is 769. The topological polar surface area (TPSA) is 97.6 Å². The fourth-order valence-electron chi connectivity index (χ4n) is 2.26. The van der Waals surface area contributed by atoms with E-state index in [4.69, 9.17) is 9.15 Å². The number of hydrogen-bond acceptors (Lipinski definition) is 5. The van der Waals surface area contributed by atoms with Gasteiger partial charge in [-0.1, -0.05) is 37.3 Å². The molecule has 0 saturated carbocycles. The van der Waals surface area contributed by atoms with E-state index in [0.29, 0.717) is 5.56 Å². The van der Waals surface area contributed by atoms with Crippen molar-refractivity contribution in [3.63, 3.8) is 0 Å². The van der Waals surface area contributed by atoms with E-state index in [9.17, 15) is 14.4 Å². The molecule has 27 heavy (non-hydrogen) atoms. The van der Waals surface area contributed by atoms with Crippen LogP contribution in [0.15, 0.2) is 53.1 Å². The normalized spacial score (nSPS) is 12.1. The van der Waals surface area contributed by atoms with Gasteiger partial charge in [-0.3, -0.25) is 9.59 Å². The summed E-state index contributed by atoms with van der Waals surface area (Å²) in [5.41, 5.74) is 0.146. The van der Waals surface area contributed by atoms with Crippen molar-refractivity contribution in [2.75, 3.05) is 6.61 Å². The number of nitrogens with one attached hydrogen (secondary N) is 2. The van der Waals surface area contributed by atoms with Crippen LogP contribution in [0.1, 0.15) is 49.4 Å². The first-order valence-corrected chi connectivity index (χ1v) is 8.69. The summed E-state index contributed by atoms with van der Waals surface area (Å²) in [4.78, 5) is 36.8. The van der Waals surface area contributed by atoms with Crippen molar-refractivity contribution in [3.8, 4) is 0 Å².